The van der Waals surface area contributed by atoms with E-state index in [9.17, 15) is 4.79 Å². The number of ether oxygens (including phenoxy) is 1. The van der Waals surface area contributed by atoms with Gasteiger partial charge in [0.25, 0.3) is 0 Å². The maximum atomic E-state index is 10.5. The molecule has 1 aliphatic carbocycles. The highest BCUT2D eigenvalue weighted by molar-refractivity contribution is 5.70. The molecule has 98 valence electrons. The minimum absolute atomic E-state index is 0.0861. The lowest BCUT2D eigenvalue weighted by Crippen LogP contribution is -2.13. The molecule has 0 spiro atoms. The zero-order valence-corrected chi connectivity index (χ0v) is 10.6. The molecule has 0 bridgehead atoms. The fourth-order valence-corrected chi connectivity index (χ4v) is 2.15. The predicted octanol–water partition coefficient (Wildman–Crippen LogP) is 3.02. The lowest BCUT2D eigenvalue weighted by molar-refractivity contribution is -0.136. The van der Waals surface area contributed by atoms with E-state index in [1.54, 1.807) is 0 Å². The van der Waals surface area contributed by atoms with Crippen LogP contribution in [-0.4, -0.2) is 17.7 Å². The fraction of sp³-hybridized carbons (Fsp3) is 0.533. The van der Waals surface area contributed by atoms with E-state index in [-0.39, 0.29) is 6.42 Å². The lowest BCUT2D eigenvalue weighted by Gasteiger charge is -2.24. The number of benzene rings is 1. The molecule has 3 nitrogen and oxygen atoms in total. The van der Waals surface area contributed by atoms with Gasteiger partial charge in [-0.1, -0.05) is 43.5 Å². The van der Waals surface area contributed by atoms with Crippen LogP contribution in [0.5, 0.6) is 0 Å². The number of carbonyl (C=O) groups is 1. The molecular formula is C15H20O3. The quantitative estimate of drug-likeness (QED) is 0.754. The SMILES string of the molecule is O=C(O)Cc1ccc(COCCC2CCC2)cc1. The Balaban J connectivity index is 1.67. The molecule has 18 heavy (non-hydrogen) atoms. The number of hydrogen-bond donors (Lipinski definition) is 1. The summed E-state index contributed by atoms with van der Waals surface area (Å²) in [6.07, 6.45) is 5.39. The van der Waals surface area contributed by atoms with E-state index >= 15 is 0 Å². The summed E-state index contributed by atoms with van der Waals surface area (Å²) in [5.74, 6) is 0.0995. The lowest BCUT2D eigenvalue weighted by atomic mass is 9.83. The molecule has 0 amide bonds. The predicted molar refractivity (Wildman–Crippen MR) is 69.4 cm³/mol. The molecule has 1 aliphatic rings. The number of carboxylic acid groups (broad SMARTS) is 1. The Hall–Kier alpha value is -1.35. The minimum atomic E-state index is -0.792. The summed E-state index contributed by atoms with van der Waals surface area (Å²) in [5, 5.41) is 8.67. The van der Waals surface area contributed by atoms with Crippen molar-refractivity contribution in [1.82, 2.24) is 0 Å². The average Bonchev–Trinajstić information content (AvgIpc) is 2.28. The van der Waals surface area contributed by atoms with Crippen LogP contribution in [0.25, 0.3) is 0 Å². The van der Waals surface area contributed by atoms with Crippen LogP contribution in [-0.2, 0) is 22.6 Å². The molecule has 1 aromatic rings. The summed E-state index contributed by atoms with van der Waals surface area (Å²) in [6.45, 7) is 1.46. The zero-order chi connectivity index (χ0) is 12.8. The number of rotatable bonds is 7. The summed E-state index contributed by atoms with van der Waals surface area (Å²) in [7, 11) is 0. The molecule has 0 atom stereocenters. The number of hydrogen-bond acceptors (Lipinski definition) is 2. The summed E-state index contributed by atoms with van der Waals surface area (Å²) in [5.41, 5.74) is 1.94. The van der Waals surface area contributed by atoms with E-state index in [0.29, 0.717) is 6.61 Å². The first-order valence-electron chi connectivity index (χ1n) is 6.61. The molecule has 1 aromatic carbocycles. The maximum absolute atomic E-state index is 10.5. The molecule has 0 saturated heterocycles. The third-order valence-electron chi connectivity index (χ3n) is 3.54. The topological polar surface area (TPSA) is 46.5 Å². The van der Waals surface area contributed by atoms with Gasteiger partial charge < -0.3 is 9.84 Å². The van der Waals surface area contributed by atoms with Crippen molar-refractivity contribution < 1.29 is 14.6 Å². The van der Waals surface area contributed by atoms with Gasteiger partial charge in [0.15, 0.2) is 0 Å². The van der Waals surface area contributed by atoms with Gasteiger partial charge in [-0.05, 0) is 23.5 Å². The Morgan fingerprint density at radius 3 is 2.44 bits per heavy atom. The number of aliphatic carboxylic acids is 1. The molecule has 2 rings (SSSR count). The van der Waals surface area contributed by atoms with Crippen molar-refractivity contribution in [2.75, 3.05) is 6.61 Å². The highest BCUT2D eigenvalue weighted by Crippen LogP contribution is 2.29. The summed E-state index contributed by atoms with van der Waals surface area (Å²) in [4.78, 5) is 10.5. The summed E-state index contributed by atoms with van der Waals surface area (Å²) >= 11 is 0. The third-order valence-corrected chi connectivity index (χ3v) is 3.54. The van der Waals surface area contributed by atoms with Crippen LogP contribution in [0.1, 0.15) is 36.8 Å². The average molecular weight is 248 g/mol. The van der Waals surface area contributed by atoms with Gasteiger partial charge in [-0.3, -0.25) is 4.79 Å². The van der Waals surface area contributed by atoms with Crippen LogP contribution in [0, 0.1) is 5.92 Å². The van der Waals surface area contributed by atoms with E-state index in [2.05, 4.69) is 0 Å². The van der Waals surface area contributed by atoms with Crippen molar-refractivity contribution in [2.24, 2.45) is 5.92 Å². The molecule has 1 N–H and O–H groups in total. The largest absolute Gasteiger partial charge is 0.481 e. The first-order valence-corrected chi connectivity index (χ1v) is 6.61. The van der Waals surface area contributed by atoms with Gasteiger partial charge in [0, 0.05) is 6.61 Å². The van der Waals surface area contributed by atoms with Crippen LogP contribution in [0.4, 0.5) is 0 Å². The van der Waals surface area contributed by atoms with Gasteiger partial charge in [-0.25, -0.2) is 0 Å². The monoisotopic (exact) mass is 248 g/mol. The van der Waals surface area contributed by atoms with Crippen LogP contribution in [0.2, 0.25) is 0 Å². The third kappa shape index (κ3) is 4.15. The van der Waals surface area contributed by atoms with Crippen LogP contribution < -0.4 is 0 Å². The Kier molecular flexibility index (Phi) is 4.76. The standard InChI is InChI=1S/C15H20O3/c16-15(17)10-13-4-6-14(7-5-13)11-18-9-8-12-2-1-3-12/h4-7,12H,1-3,8-11H2,(H,16,17). The van der Waals surface area contributed by atoms with Crippen molar-refractivity contribution >= 4 is 5.97 Å². The van der Waals surface area contributed by atoms with Crippen LogP contribution >= 0.6 is 0 Å². The first-order chi connectivity index (χ1) is 8.74. The van der Waals surface area contributed by atoms with E-state index in [0.717, 1.165) is 23.7 Å². The van der Waals surface area contributed by atoms with E-state index in [4.69, 9.17) is 9.84 Å². The summed E-state index contributed by atoms with van der Waals surface area (Å²) < 4.78 is 5.63. The highest BCUT2D eigenvalue weighted by Gasteiger charge is 2.16. The van der Waals surface area contributed by atoms with Crippen molar-refractivity contribution in [3.8, 4) is 0 Å². The van der Waals surface area contributed by atoms with Gasteiger partial charge in [0.1, 0.15) is 0 Å². The molecule has 1 saturated carbocycles. The van der Waals surface area contributed by atoms with Crippen molar-refractivity contribution in [3.63, 3.8) is 0 Å². The van der Waals surface area contributed by atoms with Gasteiger partial charge in [-0.2, -0.15) is 0 Å². The maximum Gasteiger partial charge on any atom is 0.307 e. The smallest absolute Gasteiger partial charge is 0.307 e. The van der Waals surface area contributed by atoms with Crippen molar-refractivity contribution in [2.45, 2.75) is 38.7 Å². The Bertz CT molecular complexity index is 379. The van der Waals surface area contributed by atoms with Gasteiger partial charge in [0.05, 0.1) is 13.0 Å². The second-order valence-corrected chi connectivity index (χ2v) is 5.03. The molecule has 3 heteroatoms. The van der Waals surface area contributed by atoms with E-state index in [1.165, 1.54) is 25.7 Å². The second kappa shape index (κ2) is 6.55. The Morgan fingerprint density at radius 1 is 1.22 bits per heavy atom. The molecule has 0 radical (unpaired) electrons. The molecule has 1 fully saturated rings. The first kappa shape index (κ1) is 13.1. The van der Waals surface area contributed by atoms with Gasteiger partial charge in [0.2, 0.25) is 0 Å². The molecule has 0 heterocycles. The second-order valence-electron chi connectivity index (χ2n) is 5.03. The highest BCUT2D eigenvalue weighted by atomic mass is 16.5. The van der Waals surface area contributed by atoms with Crippen LogP contribution in [0.3, 0.4) is 0 Å². The van der Waals surface area contributed by atoms with Crippen molar-refractivity contribution in [1.29, 1.82) is 0 Å². The summed E-state index contributed by atoms with van der Waals surface area (Å²) in [6, 6.07) is 7.61. The molecule has 0 aliphatic heterocycles. The Morgan fingerprint density at radius 2 is 1.89 bits per heavy atom. The van der Waals surface area contributed by atoms with E-state index < -0.39 is 5.97 Å². The van der Waals surface area contributed by atoms with Gasteiger partial charge in [-0.15, -0.1) is 0 Å². The molecule has 0 unspecified atom stereocenters. The fourth-order valence-electron chi connectivity index (χ4n) is 2.15. The van der Waals surface area contributed by atoms with E-state index in [1.807, 2.05) is 24.3 Å². The van der Waals surface area contributed by atoms with Crippen LogP contribution in [0.15, 0.2) is 24.3 Å². The molecular weight excluding hydrogens is 228 g/mol. The minimum Gasteiger partial charge on any atom is -0.481 e. The zero-order valence-electron chi connectivity index (χ0n) is 10.6. The normalized spacial score (nSPS) is 15.3. The molecule has 0 aromatic heterocycles. The number of carboxylic acids is 1. The Labute approximate surface area is 108 Å². The van der Waals surface area contributed by atoms with Crippen molar-refractivity contribution in [3.05, 3.63) is 35.4 Å². The van der Waals surface area contributed by atoms with Gasteiger partial charge >= 0.3 is 5.97 Å².